The predicted octanol–water partition coefficient (Wildman–Crippen LogP) is -0.0766. The van der Waals surface area contributed by atoms with Crippen molar-refractivity contribution in [1.82, 2.24) is 5.32 Å². The van der Waals surface area contributed by atoms with E-state index in [9.17, 15) is 9.90 Å². The number of hydrogen-bond acceptors (Lipinski definition) is 4. The van der Waals surface area contributed by atoms with Crippen molar-refractivity contribution in [3.63, 3.8) is 0 Å². The van der Waals surface area contributed by atoms with Gasteiger partial charge in [-0.3, -0.25) is 4.79 Å². The highest BCUT2D eigenvalue weighted by Crippen LogP contribution is 2.25. The summed E-state index contributed by atoms with van der Waals surface area (Å²) in [4.78, 5) is 11.1. The van der Waals surface area contributed by atoms with Crippen molar-refractivity contribution < 1.29 is 22.1 Å². The van der Waals surface area contributed by atoms with Crippen LogP contribution >= 0.6 is 0 Å². The quantitative estimate of drug-likeness (QED) is 0.714. The van der Waals surface area contributed by atoms with E-state index < -0.39 is 13.2 Å². The molecular formula is C11H21NO4. The van der Waals surface area contributed by atoms with Crippen LogP contribution in [0.5, 0.6) is 0 Å². The van der Waals surface area contributed by atoms with Crippen LogP contribution in [0, 0.1) is 5.92 Å². The first-order valence-corrected chi connectivity index (χ1v) is 5.43. The number of carbonyl (C=O) groups is 1. The Labute approximate surface area is 98.9 Å². The van der Waals surface area contributed by atoms with E-state index in [0.717, 1.165) is 0 Å². The van der Waals surface area contributed by atoms with Crippen LogP contribution in [0.3, 0.4) is 0 Å². The van der Waals surface area contributed by atoms with Gasteiger partial charge in [-0.25, -0.2) is 0 Å². The number of aliphatic hydroxyl groups excluding tert-OH is 1. The number of rotatable bonds is 4. The maximum atomic E-state index is 11.1. The molecule has 1 aliphatic heterocycles. The second-order valence-electron chi connectivity index (χ2n) is 4.25. The first-order valence-electron chi connectivity index (χ1n) is 6.59. The van der Waals surface area contributed by atoms with Gasteiger partial charge in [-0.1, -0.05) is 6.92 Å². The molecule has 16 heavy (non-hydrogen) atoms. The normalized spacial score (nSPS) is 38.4. The molecule has 2 N–H and O–H groups in total. The molecule has 94 valence electrons. The molecule has 5 nitrogen and oxygen atoms in total. The molecule has 0 radical (unpaired) electrons. The second-order valence-corrected chi connectivity index (χ2v) is 4.25. The Bertz CT molecular complexity index is 278. The minimum atomic E-state index is -1.33. The van der Waals surface area contributed by atoms with Gasteiger partial charge in [0.15, 0.2) is 0 Å². The van der Waals surface area contributed by atoms with E-state index in [1.807, 2.05) is 6.92 Å². The highest BCUT2D eigenvalue weighted by atomic mass is 16.5. The van der Waals surface area contributed by atoms with Gasteiger partial charge in [-0.15, -0.1) is 0 Å². The molecule has 1 unspecified atom stereocenters. The summed E-state index contributed by atoms with van der Waals surface area (Å²) in [5.41, 5.74) is 0. The zero-order valence-corrected chi connectivity index (χ0v) is 9.68. The maximum absolute atomic E-state index is 11.1. The van der Waals surface area contributed by atoms with E-state index in [-0.39, 0.29) is 37.2 Å². The zero-order valence-electron chi connectivity index (χ0n) is 11.7. The summed E-state index contributed by atoms with van der Waals surface area (Å²) in [6.45, 7) is 3.38. The first-order chi connectivity index (χ1) is 8.43. The molecule has 1 rings (SSSR count). The Hall–Kier alpha value is -0.650. The SMILES string of the molecule is [2H]C([3H])OC[C@@H]1C[C@@H](C)[C@H](NC(C)=O)[C@H](CO)O1. The minimum Gasteiger partial charge on any atom is -0.394 e. The van der Waals surface area contributed by atoms with Gasteiger partial charge in [-0.2, -0.15) is 0 Å². The average Bonchev–Trinajstić information content (AvgIpc) is 2.28. The van der Waals surface area contributed by atoms with E-state index in [1.54, 1.807) is 0 Å². The molecule has 1 saturated heterocycles. The Morgan fingerprint density at radius 2 is 2.62 bits per heavy atom. The summed E-state index contributed by atoms with van der Waals surface area (Å²) in [5, 5.41) is 12.1. The fraction of sp³-hybridized carbons (Fsp3) is 0.909. The molecule has 0 aromatic rings. The van der Waals surface area contributed by atoms with Crippen molar-refractivity contribution in [2.45, 2.75) is 38.5 Å². The van der Waals surface area contributed by atoms with Crippen molar-refractivity contribution in [1.29, 1.82) is 0 Å². The monoisotopic (exact) mass is 234 g/mol. The third-order valence-electron chi connectivity index (χ3n) is 2.85. The van der Waals surface area contributed by atoms with Crippen molar-refractivity contribution >= 4 is 5.91 Å². The summed E-state index contributed by atoms with van der Waals surface area (Å²) < 4.78 is 24.4. The minimum absolute atomic E-state index is 0.142. The van der Waals surface area contributed by atoms with Gasteiger partial charge >= 0.3 is 0 Å². The third kappa shape index (κ3) is 3.43. The molecule has 0 aromatic heterocycles. The fourth-order valence-electron chi connectivity index (χ4n) is 2.16. The van der Waals surface area contributed by atoms with Crippen LogP contribution in [0.1, 0.15) is 23.0 Å². The lowest BCUT2D eigenvalue weighted by atomic mass is 9.88. The molecule has 1 amide bonds. The Morgan fingerprint density at radius 3 is 3.19 bits per heavy atom. The van der Waals surface area contributed by atoms with Gasteiger partial charge in [0.25, 0.3) is 0 Å². The van der Waals surface area contributed by atoms with E-state index in [4.69, 9.17) is 12.2 Å². The van der Waals surface area contributed by atoms with Crippen LogP contribution in [0.4, 0.5) is 0 Å². The number of aliphatic hydroxyl groups is 1. The number of hydrogen-bond donors (Lipinski definition) is 2. The summed E-state index contributed by atoms with van der Waals surface area (Å²) >= 11 is 0. The Morgan fingerprint density at radius 1 is 1.88 bits per heavy atom. The maximum Gasteiger partial charge on any atom is 0.217 e. The van der Waals surface area contributed by atoms with Gasteiger partial charge in [0.1, 0.15) is 6.10 Å². The molecule has 1 aliphatic rings. The molecular weight excluding hydrogens is 210 g/mol. The van der Waals surface area contributed by atoms with E-state index in [2.05, 4.69) is 5.32 Å². The third-order valence-corrected chi connectivity index (χ3v) is 2.85. The highest BCUT2D eigenvalue weighted by Gasteiger charge is 2.36. The standard InChI is InChI=1S/C11H21NO4/c1-7-4-9(6-15-3)16-10(5-13)11(7)12-8(2)14/h7,9-11,13H,4-6H2,1-3H3,(H,12,14)/t7-,9+,10+,11+/m1/s1/i3TD/t3?,7-,9+,10+,11+. The van der Waals surface area contributed by atoms with Crippen LogP contribution in [0.2, 0.25) is 0 Å². The molecule has 1 fully saturated rings. The van der Waals surface area contributed by atoms with Crippen LogP contribution in [0.25, 0.3) is 0 Å². The lowest BCUT2D eigenvalue weighted by Gasteiger charge is -2.40. The summed E-state index contributed by atoms with van der Waals surface area (Å²) in [6, 6.07) is -0.216. The molecule has 0 bridgehead atoms. The van der Waals surface area contributed by atoms with Crippen LogP contribution in [-0.2, 0) is 14.3 Å². The van der Waals surface area contributed by atoms with E-state index in [0.29, 0.717) is 6.42 Å². The van der Waals surface area contributed by atoms with Crippen LogP contribution in [0.15, 0.2) is 0 Å². The van der Waals surface area contributed by atoms with Crippen LogP contribution in [-0.4, -0.2) is 49.5 Å². The fourth-order valence-corrected chi connectivity index (χ4v) is 2.16. The first kappa shape index (κ1) is 10.5. The number of ether oxygens (including phenoxy) is 2. The predicted molar refractivity (Wildman–Crippen MR) is 59.0 cm³/mol. The highest BCUT2D eigenvalue weighted by molar-refractivity contribution is 5.73. The smallest absolute Gasteiger partial charge is 0.217 e. The average molecular weight is 234 g/mol. The van der Waals surface area contributed by atoms with Crippen molar-refractivity contribution in [3.8, 4) is 0 Å². The Balaban J connectivity index is 2.55. The van der Waals surface area contributed by atoms with Crippen molar-refractivity contribution in [2.75, 3.05) is 20.3 Å². The molecule has 0 aliphatic carbocycles. The summed E-state index contributed by atoms with van der Waals surface area (Å²) in [5.74, 6) is -0.00991. The summed E-state index contributed by atoms with van der Waals surface area (Å²) in [6.07, 6.45) is -0.0599. The van der Waals surface area contributed by atoms with E-state index in [1.165, 1.54) is 6.92 Å². The lowest BCUT2D eigenvalue weighted by molar-refractivity contribution is -0.138. The molecule has 0 spiro atoms. The van der Waals surface area contributed by atoms with Crippen LogP contribution < -0.4 is 5.32 Å². The molecule has 1 heterocycles. The number of methoxy groups -OCH3 is 1. The van der Waals surface area contributed by atoms with E-state index >= 15 is 0 Å². The Kier molecular flexibility index (Phi) is 4.05. The van der Waals surface area contributed by atoms with Gasteiger partial charge in [0, 0.05) is 14.0 Å². The topological polar surface area (TPSA) is 67.8 Å². The molecule has 5 heteroatoms. The van der Waals surface area contributed by atoms with Gasteiger partial charge < -0.3 is 19.9 Å². The molecule has 0 aromatic carbocycles. The van der Waals surface area contributed by atoms with Crippen molar-refractivity contribution in [2.24, 2.45) is 5.92 Å². The second kappa shape index (κ2) is 6.18. The van der Waals surface area contributed by atoms with Crippen molar-refractivity contribution in [3.05, 3.63) is 0 Å². The van der Waals surface area contributed by atoms with Gasteiger partial charge in [0.2, 0.25) is 5.91 Å². The van der Waals surface area contributed by atoms with Gasteiger partial charge in [-0.05, 0) is 12.3 Å². The molecule has 5 atom stereocenters. The molecule has 0 saturated carbocycles. The lowest BCUT2D eigenvalue weighted by Crippen LogP contribution is -2.55. The number of nitrogens with one attached hydrogen (secondary N) is 1. The summed E-state index contributed by atoms with van der Waals surface area (Å²) in [7, 11) is -1.33. The largest absolute Gasteiger partial charge is 0.394 e. The number of carbonyl (C=O) groups excluding carboxylic acids is 1. The number of amides is 1. The zero-order chi connectivity index (χ0) is 13.7. The van der Waals surface area contributed by atoms with Gasteiger partial charge in [0.05, 0.1) is 28.1 Å².